The Kier molecular flexibility index (Phi) is 4.45. The molecular formula is C11H20N4OS. The lowest BCUT2D eigenvalue weighted by molar-refractivity contribution is 0.247. The zero-order valence-corrected chi connectivity index (χ0v) is 11.9. The molecule has 0 aliphatic carbocycles. The van der Waals surface area contributed by atoms with E-state index in [2.05, 4.69) is 36.3 Å². The molecule has 0 fully saturated rings. The van der Waals surface area contributed by atoms with Crippen LogP contribution in [0.5, 0.6) is 0 Å². The van der Waals surface area contributed by atoms with E-state index in [-0.39, 0.29) is 11.4 Å². The Labute approximate surface area is 106 Å². The van der Waals surface area contributed by atoms with Gasteiger partial charge in [-0.25, -0.2) is 4.79 Å². The molecule has 2 amide bonds. The number of aromatic nitrogens is 2. The average Bonchev–Trinajstić information content (AvgIpc) is 2.73. The second-order valence-corrected chi connectivity index (χ2v) is 5.89. The maximum Gasteiger partial charge on any atom is 0.323 e. The molecule has 0 atom stereocenters. The topological polar surface area (TPSA) is 58.1 Å². The highest BCUT2D eigenvalue weighted by molar-refractivity contribution is 7.15. The maximum atomic E-state index is 11.7. The zero-order valence-electron chi connectivity index (χ0n) is 11.1. The molecule has 0 radical (unpaired) electrons. The van der Waals surface area contributed by atoms with Crippen LogP contribution in [0.2, 0.25) is 0 Å². The molecule has 96 valence electrons. The highest BCUT2D eigenvalue weighted by atomic mass is 32.1. The standard InChI is InChI=1S/C11H20N4OS/c1-6-7-12-9(16)15(5)10-14-13-8(17-10)11(2,3)4/h6-7H2,1-5H3,(H,12,16). The Morgan fingerprint density at radius 1 is 1.41 bits per heavy atom. The monoisotopic (exact) mass is 256 g/mol. The van der Waals surface area contributed by atoms with Crippen LogP contribution in [0, 0.1) is 0 Å². The van der Waals surface area contributed by atoms with Gasteiger partial charge in [-0.2, -0.15) is 0 Å². The summed E-state index contributed by atoms with van der Waals surface area (Å²) in [6, 6.07) is -0.136. The summed E-state index contributed by atoms with van der Waals surface area (Å²) in [5.74, 6) is 0. The average molecular weight is 256 g/mol. The van der Waals surface area contributed by atoms with Crippen molar-refractivity contribution in [3.05, 3.63) is 5.01 Å². The summed E-state index contributed by atoms with van der Waals surface area (Å²) < 4.78 is 0. The first-order valence-electron chi connectivity index (χ1n) is 5.71. The molecule has 0 aliphatic heterocycles. The summed E-state index contributed by atoms with van der Waals surface area (Å²) in [4.78, 5) is 13.2. The van der Waals surface area contributed by atoms with Crippen LogP contribution in [0.25, 0.3) is 0 Å². The molecule has 0 aromatic carbocycles. The highest BCUT2D eigenvalue weighted by Gasteiger charge is 2.22. The van der Waals surface area contributed by atoms with Crippen LogP contribution in [-0.2, 0) is 5.41 Å². The van der Waals surface area contributed by atoms with Crippen LogP contribution in [0.4, 0.5) is 9.93 Å². The van der Waals surface area contributed by atoms with Crippen LogP contribution in [0.1, 0.15) is 39.1 Å². The van der Waals surface area contributed by atoms with Gasteiger partial charge >= 0.3 is 6.03 Å². The number of urea groups is 1. The van der Waals surface area contributed by atoms with E-state index in [1.54, 1.807) is 7.05 Å². The van der Waals surface area contributed by atoms with Crippen molar-refractivity contribution >= 4 is 22.5 Å². The number of carbonyl (C=O) groups excluding carboxylic acids is 1. The summed E-state index contributed by atoms with van der Waals surface area (Å²) >= 11 is 1.45. The van der Waals surface area contributed by atoms with Crippen molar-refractivity contribution < 1.29 is 4.79 Å². The minimum Gasteiger partial charge on any atom is -0.338 e. The molecule has 17 heavy (non-hydrogen) atoms. The lowest BCUT2D eigenvalue weighted by Gasteiger charge is -2.14. The van der Waals surface area contributed by atoms with Crippen molar-refractivity contribution in [2.24, 2.45) is 0 Å². The summed E-state index contributed by atoms with van der Waals surface area (Å²) in [6.45, 7) is 8.92. The van der Waals surface area contributed by atoms with Crippen molar-refractivity contribution in [1.82, 2.24) is 15.5 Å². The highest BCUT2D eigenvalue weighted by Crippen LogP contribution is 2.29. The Balaban J connectivity index is 2.73. The number of hydrogen-bond donors (Lipinski definition) is 1. The molecule has 0 aliphatic rings. The summed E-state index contributed by atoms with van der Waals surface area (Å²) in [5, 5.41) is 12.5. The predicted octanol–water partition coefficient (Wildman–Crippen LogP) is 2.39. The molecule has 0 spiro atoms. The van der Waals surface area contributed by atoms with Gasteiger partial charge in [0.2, 0.25) is 5.13 Å². The lowest BCUT2D eigenvalue weighted by Crippen LogP contribution is -2.37. The van der Waals surface area contributed by atoms with E-state index in [4.69, 9.17) is 0 Å². The minimum absolute atomic E-state index is 0.0311. The third-order valence-corrected chi connectivity index (χ3v) is 3.60. The van der Waals surface area contributed by atoms with Gasteiger partial charge in [-0.15, -0.1) is 10.2 Å². The molecule has 1 heterocycles. The van der Waals surface area contributed by atoms with Gasteiger partial charge in [0.15, 0.2) is 0 Å². The van der Waals surface area contributed by atoms with Crippen LogP contribution in [0.3, 0.4) is 0 Å². The molecule has 0 saturated carbocycles. The minimum atomic E-state index is -0.136. The Morgan fingerprint density at radius 3 is 2.53 bits per heavy atom. The zero-order chi connectivity index (χ0) is 13.1. The number of nitrogens with zero attached hydrogens (tertiary/aromatic N) is 3. The van der Waals surface area contributed by atoms with Crippen molar-refractivity contribution in [3.63, 3.8) is 0 Å². The second kappa shape index (κ2) is 5.44. The summed E-state index contributed by atoms with van der Waals surface area (Å²) in [7, 11) is 1.71. The number of nitrogens with one attached hydrogen (secondary N) is 1. The van der Waals surface area contributed by atoms with Gasteiger partial charge < -0.3 is 5.32 Å². The fourth-order valence-electron chi connectivity index (χ4n) is 1.09. The smallest absolute Gasteiger partial charge is 0.323 e. The van der Waals surface area contributed by atoms with E-state index >= 15 is 0 Å². The lowest BCUT2D eigenvalue weighted by atomic mass is 9.98. The summed E-state index contributed by atoms with van der Waals surface area (Å²) in [6.07, 6.45) is 0.920. The normalized spacial score (nSPS) is 11.4. The summed E-state index contributed by atoms with van der Waals surface area (Å²) in [5.41, 5.74) is -0.0311. The molecule has 5 nitrogen and oxygen atoms in total. The largest absolute Gasteiger partial charge is 0.338 e. The van der Waals surface area contributed by atoms with E-state index in [0.717, 1.165) is 11.4 Å². The van der Waals surface area contributed by atoms with Gasteiger partial charge in [0.25, 0.3) is 0 Å². The van der Waals surface area contributed by atoms with Crippen molar-refractivity contribution in [3.8, 4) is 0 Å². The SMILES string of the molecule is CCCNC(=O)N(C)c1nnc(C(C)(C)C)s1. The first-order chi connectivity index (χ1) is 7.86. The fourth-order valence-corrected chi connectivity index (χ4v) is 1.95. The van der Waals surface area contributed by atoms with E-state index in [1.165, 1.54) is 16.2 Å². The van der Waals surface area contributed by atoms with E-state index < -0.39 is 0 Å². The number of amides is 2. The van der Waals surface area contributed by atoms with Crippen molar-refractivity contribution in [1.29, 1.82) is 0 Å². The molecule has 1 aromatic rings. The number of rotatable bonds is 3. The van der Waals surface area contributed by atoms with Crippen LogP contribution in [-0.4, -0.2) is 29.8 Å². The van der Waals surface area contributed by atoms with Gasteiger partial charge in [-0.3, -0.25) is 4.90 Å². The molecule has 1 rings (SSSR count). The van der Waals surface area contributed by atoms with Crippen molar-refractivity contribution in [2.75, 3.05) is 18.5 Å². The van der Waals surface area contributed by atoms with Crippen molar-refractivity contribution in [2.45, 2.75) is 39.5 Å². The molecule has 0 saturated heterocycles. The van der Waals surface area contributed by atoms with Crippen LogP contribution < -0.4 is 10.2 Å². The first-order valence-corrected chi connectivity index (χ1v) is 6.53. The second-order valence-electron chi connectivity index (χ2n) is 4.93. The Bertz CT molecular complexity index is 383. The third-order valence-electron chi connectivity index (χ3n) is 2.17. The quantitative estimate of drug-likeness (QED) is 0.903. The van der Waals surface area contributed by atoms with Gasteiger partial charge in [0, 0.05) is 19.0 Å². The fraction of sp³-hybridized carbons (Fsp3) is 0.727. The van der Waals surface area contributed by atoms with Gasteiger partial charge in [-0.05, 0) is 6.42 Å². The molecule has 0 unspecified atom stereocenters. The third kappa shape index (κ3) is 3.66. The van der Waals surface area contributed by atoms with Gasteiger partial charge in [0.1, 0.15) is 5.01 Å². The Hall–Kier alpha value is -1.17. The predicted molar refractivity (Wildman–Crippen MR) is 70.7 cm³/mol. The first kappa shape index (κ1) is 13.9. The number of carbonyl (C=O) groups is 1. The van der Waals surface area contributed by atoms with E-state index in [0.29, 0.717) is 11.7 Å². The van der Waals surface area contributed by atoms with Crippen LogP contribution >= 0.6 is 11.3 Å². The maximum absolute atomic E-state index is 11.7. The molecule has 6 heteroatoms. The van der Waals surface area contributed by atoms with Crippen LogP contribution in [0.15, 0.2) is 0 Å². The van der Waals surface area contributed by atoms with E-state index in [9.17, 15) is 4.79 Å². The molecule has 1 N–H and O–H groups in total. The number of anilines is 1. The Morgan fingerprint density at radius 2 is 2.06 bits per heavy atom. The molecule has 0 bridgehead atoms. The van der Waals surface area contributed by atoms with Gasteiger partial charge in [0.05, 0.1) is 0 Å². The van der Waals surface area contributed by atoms with Gasteiger partial charge in [-0.1, -0.05) is 39.0 Å². The number of hydrogen-bond acceptors (Lipinski definition) is 4. The molecule has 1 aromatic heterocycles. The molecular weight excluding hydrogens is 236 g/mol. The van der Waals surface area contributed by atoms with E-state index in [1.807, 2.05) is 6.92 Å².